The molecule has 0 saturated carbocycles. The lowest BCUT2D eigenvalue weighted by atomic mass is 10.2. The molecule has 0 spiro atoms. The number of carbonyl (C=O) groups excluding carboxylic acids is 2. The van der Waals surface area contributed by atoms with E-state index in [1.165, 1.54) is 6.92 Å². The van der Waals surface area contributed by atoms with Crippen molar-refractivity contribution in [2.45, 2.75) is 26.2 Å². The Kier molecular flexibility index (Phi) is 6.22. The molecule has 0 radical (unpaired) electrons. The van der Waals surface area contributed by atoms with Crippen molar-refractivity contribution < 1.29 is 19.5 Å². The van der Waals surface area contributed by atoms with Crippen LogP contribution in [0.4, 0.5) is 0 Å². The first-order valence-corrected chi connectivity index (χ1v) is 4.88. The molecule has 0 fully saturated rings. The highest BCUT2D eigenvalue weighted by Gasteiger charge is 2.05. The van der Waals surface area contributed by atoms with Crippen LogP contribution in [0, 0.1) is 0 Å². The van der Waals surface area contributed by atoms with Gasteiger partial charge in [-0.05, 0) is 0 Å². The summed E-state index contributed by atoms with van der Waals surface area (Å²) in [6.45, 7) is 1.44. The molecule has 0 aliphatic heterocycles. The maximum atomic E-state index is 10.9. The van der Waals surface area contributed by atoms with E-state index < -0.39 is 5.97 Å². The molecule has 0 heterocycles. The van der Waals surface area contributed by atoms with Gasteiger partial charge in [0, 0.05) is 25.5 Å². The fraction of sp³-hybridized carbons (Fsp3) is 0.625. The maximum absolute atomic E-state index is 10.9. The molecule has 4 nitrogen and oxygen atoms in total. The summed E-state index contributed by atoms with van der Waals surface area (Å²) in [5.74, 6) is -0.614. The second kappa shape index (κ2) is 6.65. The molecular formula is C8H12O4S. The van der Waals surface area contributed by atoms with Gasteiger partial charge in [-0.2, -0.15) is 0 Å². The van der Waals surface area contributed by atoms with Gasteiger partial charge in [0.05, 0.1) is 6.42 Å². The minimum Gasteiger partial charge on any atom is -0.481 e. The molecular weight excluding hydrogens is 192 g/mol. The monoisotopic (exact) mass is 204 g/mol. The number of ketones is 1. The highest BCUT2D eigenvalue weighted by atomic mass is 32.2. The number of hydrogen-bond acceptors (Lipinski definition) is 4. The smallest absolute Gasteiger partial charge is 0.303 e. The fourth-order valence-corrected chi connectivity index (χ4v) is 1.30. The van der Waals surface area contributed by atoms with Crippen molar-refractivity contribution >= 4 is 28.6 Å². The largest absolute Gasteiger partial charge is 0.481 e. The summed E-state index contributed by atoms with van der Waals surface area (Å²) in [6, 6.07) is 0. The number of carbonyl (C=O) groups is 3. The number of hydrogen-bond donors (Lipinski definition) is 1. The van der Waals surface area contributed by atoms with Crippen LogP contribution in [0.15, 0.2) is 0 Å². The van der Waals surface area contributed by atoms with Crippen molar-refractivity contribution in [3.63, 3.8) is 0 Å². The third-order valence-corrected chi connectivity index (χ3v) is 2.12. The van der Waals surface area contributed by atoms with Crippen LogP contribution in [0.25, 0.3) is 0 Å². The highest BCUT2D eigenvalue weighted by molar-refractivity contribution is 8.13. The summed E-state index contributed by atoms with van der Waals surface area (Å²) in [5, 5.41) is 8.24. The van der Waals surface area contributed by atoms with Crippen molar-refractivity contribution in [2.75, 3.05) is 5.75 Å². The zero-order chi connectivity index (χ0) is 10.3. The Bertz CT molecular complexity index is 212. The van der Waals surface area contributed by atoms with E-state index >= 15 is 0 Å². The first-order valence-electron chi connectivity index (χ1n) is 3.89. The maximum Gasteiger partial charge on any atom is 0.303 e. The van der Waals surface area contributed by atoms with E-state index in [9.17, 15) is 14.4 Å². The molecule has 0 aliphatic carbocycles. The molecule has 0 amide bonds. The first kappa shape index (κ1) is 12.2. The van der Waals surface area contributed by atoms with Crippen LogP contribution in [-0.4, -0.2) is 27.7 Å². The van der Waals surface area contributed by atoms with Gasteiger partial charge >= 0.3 is 5.97 Å². The lowest BCUT2D eigenvalue weighted by Gasteiger charge is -1.96. The van der Waals surface area contributed by atoms with Crippen molar-refractivity contribution in [1.29, 1.82) is 0 Å². The van der Waals surface area contributed by atoms with Crippen LogP contribution in [-0.2, 0) is 14.4 Å². The lowest BCUT2D eigenvalue weighted by molar-refractivity contribution is -0.138. The van der Waals surface area contributed by atoms with Gasteiger partial charge in [0.25, 0.3) is 0 Å². The van der Waals surface area contributed by atoms with Gasteiger partial charge < -0.3 is 5.11 Å². The molecule has 0 unspecified atom stereocenters. The van der Waals surface area contributed by atoms with Crippen LogP contribution in [0.3, 0.4) is 0 Å². The third kappa shape index (κ3) is 9.07. The van der Waals surface area contributed by atoms with Crippen LogP contribution < -0.4 is 0 Å². The quantitative estimate of drug-likeness (QED) is 0.701. The Morgan fingerprint density at radius 2 is 1.77 bits per heavy atom. The van der Waals surface area contributed by atoms with Gasteiger partial charge in [-0.3, -0.25) is 14.4 Å². The van der Waals surface area contributed by atoms with Crippen LogP contribution in [0.5, 0.6) is 0 Å². The van der Waals surface area contributed by atoms with Crippen molar-refractivity contribution in [3.05, 3.63) is 0 Å². The van der Waals surface area contributed by atoms with E-state index in [-0.39, 0.29) is 30.2 Å². The van der Waals surface area contributed by atoms with E-state index in [2.05, 4.69) is 0 Å². The molecule has 0 aromatic rings. The van der Waals surface area contributed by atoms with E-state index in [1.54, 1.807) is 0 Å². The molecule has 0 rings (SSSR count). The molecule has 74 valence electrons. The average molecular weight is 204 g/mol. The van der Waals surface area contributed by atoms with Crippen LogP contribution in [0.1, 0.15) is 26.2 Å². The third-order valence-electron chi connectivity index (χ3n) is 1.30. The van der Waals surface area contributed by atoms with E-state index in [0.717, 1.165) is 11.8 Å². The van der Waals surface area contributed by atoms with Gasteiger partial charge in [0.2, 0.25) is 0 Å². The van der Waals surface area contributed by atoms with Gasteiger partial charge in [-0.25, -0.2) is 0 Å². The number of rotatable bonds is 6. The number of carboxylic acids is 1. The predicted molar refractivity (Wildman–Crippen MR) is 49.6 cm³/mol. The number of carboxylic acid groups (broad SMARTS) is 1. The zero-order valence-corrected chi connectivity index (χ0v) is 8.23. The van der Waals surface area contributed by atoms with E-state index in [4.69, 9.17) is 5.11 Å². The molecule has 0 bridgehead atoms. The Morgan fingerprint density at radius 3 is 2.23 bits per heavy atom. The van der Waals surface area contributed by atoms with Gasteiger partial charge in [0.1, 0.15) is 5.78 Å². The standard InChI is InChI=1S/C8H12O4S/c1-6(9)13-5-4-7(10)2-3-8(11)12/h2-5H2,1H3,(H,11,12). The van der Waals surface area contributed by atoms with Crippen molar-refractivity contribution in [3.8, 4) is 0 Å². The lowest BCUT2D eigenvalue weighted by Crippen LogP contribution is -2.04. The second-order valence-electron chi connectivity index (χ2n) is 2.52. The number of thioether (sulfide) groups is 1. The molecule has 0 atom stereocenters. The van der Waals surface area contributed by atoms with Crippen molar-refractivity contribution in [2.24, 2.45) is 0 Å². The van der Waals surface area contributed by atoms with Gasteiger partial charge in [-0.1, -0.05) is 11.8 Å². The molecule has 13 heavy (non-hydrogen) atoms. The molecule has 5 heteroatoms. The average Bonchev–Trinajstić information content (AvgIpc) is 2.00. The Morgan fingerprint density at radius 1 is 1.15 bits per heavy atom. The summed E-state index contributed by atoms with van der Waals surface area (Å²) in [4.78, 5) is 31.5. The van der Waals surface area contributed by atoms with Crippen LogP contribution in [0.2, 0.25) is 0 Å². The second-order valence-corrected chi connectivity index (χ2v) is 3.79. The molecule has 0 aromatic carbocycles. The fourth-order valence-electron chi connectivity index (χ4n) is 0.680. The van der Waals surface area contributed by atoms with Crippen molar-refractivity contribution in [1.82, 2.24) is 0 Å². The Balaban J connectivity index is 3.41. The minimum atomic E-state index is -0.965. The first-order chi connectivity index (χ1) is 6.02. The minimum absolute atomic E-state index is 0.0222. The summed E-state index contributed by atoms with van der Waals surface area (Å²) < 4.78 is 0. The molecule has 1 N–H and O–H groups in total. The molecule has 0 aliphatic rings. The molecule has 0 aromatic heterocycles. The number of aliphatic carboxylic acids is 1. The Labute approximate surface area is 80.7 Å². The van der Waals surface area contributed by atoms with E-state index in [0.29, 0.717) is 5.75 Å². The molecule has 0 saturated heterocycles. The normalized spacial score (nSPS) is 9.62. The van der Waals surface area contributed by atoms with Crippen LogP contribution >= 0.6 is 11.8 Å². The summed E-state index contributed by atoms with van der Waals surface area (Å²) in [6.07, 6.45) is 0.217. The highest BCUT2D eigenvalue weighted by Crippen LogP contribution is 2.05. The van der Waals surface area contributed by atoms with Gasteiger partial charge in [0.15, 0.2) is 5.12 Å². The summed E-state index contributed by atoms with van der Waals surface area (Å²) in [7, 11) is 0. The summed E-state index contributed by atoms with van der Waals surface area (Å²) >= 11 is 1.09. The van der Waals surface area contributed by atoms with E-state index in [1.807, 2.05) is 0 Å². The Hall–Kier alpha value is -0.840. The zero-order valence-electron chi connectivity index (χ0n) is 7.41. The summed E-state index contributed by atoms with van der Waals surface area (Å²) in [5.41, 5.74) is 0. The predicted octanol–water partition coefficient (Wildman–Crippen LogP) is 1.09. The topological polar surface area (TPSA) is 71.4 Å². The van der Waals surface area contributed by atoms with Gasteiger partial charge in [-0.15, -0.1) is 0 Å². The SMILES string of the molecule is CC(=O)SCCC(=O)CCC(=O)O. The number of Topliss-reactive ketones (excluding diaryl/α,β-unsaturated/α-hetero) is 1.